The molecule has 0 radical (unpaired) electrons. The van der Waals surface area contributed by atoms with Crippen LogP contribution in [-0.2, 0) is 0 Å². The number of thiophene rings is 1. The molecule has 2 rings (SSSR count). The van der Waals surface area contributed by atoms with Crippen molar-refractivity contribution in [1.29, 1.82) is 0 Å². The minimum absolute atomic E-state index is 0.0728. The Kier molecular flexibility index (Phi) is 1.69. The maximum atomic E-state index is 13.0. The summed E-state index contributed by atoms with van der Waals surface area (Å²) in [5.74, 6) is -5.12. The van der Waals surface area contributed by atoms with Crippen LogP contribution in [0.4, 0.5) is 13.2 Å². The summed E-state index contributed by atoms with van der Waals surface area (Å²) in [5, 5.41) is 10.1. The van der Waals surface area contributed by atoms with Gasteiger partial charge in [0.1, 0.15) is 0 Å². The van der Waals surface area contributed by atoms with E-state index in [0.717, 1.165) is 11.3 Å². The zero-order valence-corrected chi connectivity index (χ0v) is 6.96. The smallest absolute Gasteiger partial charge is 0.204 e. The highest BCUT2D eigenvalue weighted by Crippen LogP contribution is 2.34. The third kappa shape index (κ3) is 1.00. The number of rotatable bonds is 0. The molecule has 0 aliphatic heterocycles. The number of hydrogen-bond acceptors (Lipinski definition) is 2. The molecule has 0 aliphatic carbocycles. The molecule has 1 N–H and O–H groups in total. The number of phenolic OH excluding ortho intramolecular Hbond substituents is 1. The van der Waals surface area contributed by atoms with Crippen LogP contribution in [0, 0.1) is 17.5 Å². The maximum Gasteiger partial charge on any atom is 0.204 e. The van der Waals surface area contributed by atoms with Gasteiger partial charge in [-0.15, -0.1) is 11.3 Å². The highest BCUT2D eigenvalue weighted by atomic mass is 32.1. The van der Waals surface area contributed by atoms with Crippen LogP contribution in [0.2, 0.25) is 0 Å². The Balaban J connectivity index is 3.02. The molecule has 13 heavy (non-hydrogen) atoms. The molecule has 0 saturated heterocycles. The van der Waals surface area contributed by atoms with Crippen molar-refractivity contribution in [2.45, 2.75) is 0 Å². The van der Waals surface area contributed by atoms with Crippen molar-refractivity contribution in [2.24, 2.45) is 0 Å². The first kappa shape index (κ1) is 8.37. The molecule has 0 aliphatic rings. The quantitative estimate of drug-likeness (QED) is 0.654. The number of hydrogen-bond donors (Lipinski definition) is 1. The SMILES string of the molecule is Oc1c(F)c(F)c2ccsc2c1F. The number of phenols is 1. The van der Waals surface area contributed by atoms with Gasteiger partial charge in [-0.05, 0) is 11.4 Å². The van der Waals surface area contributed by atoms with Gasteiger partial charge in [0.05, 0.1) is 4.70 Å². The van der Waals surface area contributed by atoms with Gasteiger partial charge in [0.25, 0.3) is 0 Å². The lowest BCUT2D eigenvalue weighted by atomic mass is 10.2. The van der Waals surface area contributed by atoms with Crippen LogP contribution >= 0.6 is 11.3 Å². The van der Waals surface area contributed by atoms with E-state index in [2.05, 4.69) is 0 Å². The lowest BCUT2D eigenvalue weighted by molar-refractivity contribution is 0.382. The third-order valence-corrected chi connectivity index (χ3v) is 2.62. The third-order valence-electron chi connectivity index (χ3n) is 1.71. The summed E-state index contributed by atoms with van der Waals surface area (Å²) < 4.78 is 38.7. The van der Waals surface area contributed by atoms with E-state index in [1.54, 1.807) is 0 Å². The van der Waals surface area contributed by atoms with Crippen LogP contribution in [0.15, 0.2) is 11.4 Å². The molecule has 68 valence electrons. The number of benzene rings is 1. The Morgan fingerprint density at radius 1 is 1.08 bits per heavy atom. The first-order chi connectivity index (χ1) is 6.13. The van der Waals surface area contributed by atoms with Gasteiger partial charge in [-0.3, -0.25) is 0 Å². The Morgan fingerprint density at radius 3 is 2.46 bits per heavy atom. The maximum absolute atomic E-state index is 13.0. The van der Waals surface area contributed by atoms with Crippen molar-refractivity contribution in [3.8, 4) is 5.75 Å². The molecule has 2 aromatic rings. The molecule has 0 amide bonds. The van der Waals surface area contributed by atoms with E-state index in [1.807, 2.05) is 0 Å². The normalized spacial score (nSPS) is 11.0. The summed E-state index contributed by atoms with van der Waals surface area (Å²) >= 11 is 0.909. The molecule has 1 aromatic carbocycles. The second kappa shape index (κ2) is 2.63. The predicted molar refractivity (Wildman–Crippen MR) is 43.4 cm³/mol. The summed E-state index contributed by atoms with van der Waals surface area (Å²) in [6.07, 6.45) is 0. The minimum atomic E-state index is -1.54. The van der Waals surface area contributed by atoms with Crippen molar-refractivity contribution < 1.29 is 18.3 Å². The standard InChI is InChI=1S/C8H3F3OS/c9-4-3-1-2-13-8(3)6(11)7(12)5(4)10/h1-2,12H. The van der Waals surface area contributed by atoms with Crippen LogP contribution in [0.5, 0.6) is 5.75 Å². The Hall–Kier alpha value is -1.23. The van der Waals surface area contributed by atoms with Gasteiger partial charge < -0.3 is 5.11 Å². The van der Waals surface area contributed by atoms with Gasteiger partial charge in [0.2, 0.25) is 5.82 Å². The second-order valence-electron chi connectivity index (χ2n) is 2.45. The lowest BCUT2D eigenvalue weighted by Gasteiger charge is -2.00. The van der Waals surface area contributed by atoms with Gasteiger partial charge in [-0.1, -0.05) is 0 Å². The van der Waals surface area contributed by atoms with Gasteiger partial charge in [0.15, 0.2) is 17.4 Å². The molecule has 1 aromatic heterocycles. The van der Waals surface area contributed by atoms with Crippen LogP contribution < -0.4 is 0 Å². The minimum Gasteiger partial charge on any atom is -0.503 e. The van der Waals surface area contributed by atoms with Crippen molar-refractivity contribution in [1.82, 2.24) is 0 Å². The fourth-order valence-corrected chi connectivity index (χ4v) is 1.90. The molecule has 5 heteroatoms. The predicted octanol–water partition coefficient (Wildman–Crippen LogP) is 3.02. The van der Waals surface area contributed by atoms with Crippen LogP contribution in [0.3, 0.4) is 0 Å². The van der Waals surface area contributed by atoms with Gasteiger partial charge in [0, 0.05) is 5.39 Å². The van der Waals surface area contributed by atoms with Crippen molar-refractivity contribution in [3.05, 3.63) is 28.9 Å². The van der Waals surface area contributed by atoms with Crippen molar-refractivity contribution >= 4 is 21.4 Å². The Morgan fingerprint density at radius 2 is 1.77 bits per heavy atom. The van der Waals surface area contributed by atoms with Crippen molar-refractivity contribution in [3.63, 3.8) is 0 Å². The average molecular weight is 204 g/mol. The molecule has 0 spiro atoms. The van der Waals surface area contributed by atoms with Gasteiger partial charge in [-0.2, -0.15) is 4.39 Å². The Bertz CT molecular complexity index is 436. The monoisotopic (exact) mass is 204 g/mol. The van der Waals surface area contributed by atoms with E-state index in [9.17, 15) is 13.2 Å². The average Bonchev–Trinajstić information content (AvgIpc) is 2.59. The second-order valence-corrected chi connectivity index (χ2v) is 3.37. The van der Waals surface area contributed by atoms with E-state index in [0.29, 0.717) is 0 Å². The summed E-state index contributed by atoms with van der Waals surface area (Å²) in [4.78, 5) is 0. The van der Waals surface area contributed by atoms with E-state index in [-0.39, 0.29) is 10.1 Å². The molecule has 0 unspecified atom stereocenters. The van der Waals surface area contributed by atoms with Crippen LogP contribution in [-0.4, -0.2) is 5.11 Å². The molecule has 0 bridgehead atoms. The molecule has 1 nitrogen and oxygen atoms in total. The summed E-state index contributed by atoms with van der Waals surface area (Å²) in [7, 11) is 0. The van der Waals surface area contributed by atoms with E-state index in [1.165, 1.54) is 11.4 Å². The summed E-state index contributed by atoms with van der Waals surface area (Å²) in [5.41, 5.74) is 0. The lowest BCUT2D eigenvalue weighted by Crippen LogP contribution is -1.89. The fraction of sp³-hybridized carbons (Fsp3) is 0. The highest BCUT2D eigenvalue weighted by molar-refractivity contribution is 7.17. The molecule has 0 saturated carbocycles. The zero-order valence-electron chi connectivity index (χ0n) is 6.14. The highest BCUT2D eigenvalue weighted by Gasteiger charge is 2.19. The van der Waals surface area contributed by atoms with Crippen LogP contribution in [0.1, 0.15) is 0 Å². The largest absolute Gasteiger partial charge is 0.503 e. The van der Waals surface area contributed by atoms with Crippen molar-refractivity contribution in [2.75, 3.05) is 0 Å². The zero-order chi connectivity index (χ0) is 9.59. The molecule has 0 fully saturated rings. The first-order valence-corrected chi connectivity index (χ1v) is 4.23. The number of aromatic hydroxyl groups is 1. The summed E-state index contributed by atoms with van der Waals surface area (Å²) in [6, 6.07) is 1.26. The first-order valence-electron chi connectivity index (χ1n) is 3.35. The van der Waals surface area contributed by atoms with E-state index < -0.39 is 23.2 Å². The topological polar surface area (TPSA) is 20.2 Å². The number of halogens is 3. The molecular formula is C8H3F3OS. The van der Waals surface area contributed by atoms with E-state index in [4.69, 9.17) is 5.11 Å². The Labute approximate surface area is 75.0 Å². The van der Waals surface area contributed by atoms with Crippen LogP contribution in [0.25, 0.3) is 10.1 Å². The molecular weight excluding hydrogens is 201 g/mol. The molecule has 1 heterocycles. The van der Waals surface area contributed by atoms with Gasteiger partial charge >= 0.3 is 0 Å². The summed E-state index contributed by atoms with van der Waals surface area (Å²) in [6.45, 7) is 0. The van der Waals surface area contributed by atoms with Gasteiger partial charge in [-0.25, -0.2) is 8.78 Å². The number of fused-ring (bicyclic) bond motifs is 1. The molecule has 0 atom stereocenters. The van der Waals surface area contributed by atoms with E-state index >= 15 is 0 Å². The fourth-order valence-electron chi connectivity index (χ4n) is 1.08.